The molecule has 1 aliphatic rings. The molecule has 1 aliphatic heterocycles. The first-order chi connectivity index (χ1) is 29.2. The molecule has 1 saturated heterocycles. The average molecular weight is 854 g/mol. The molecule has 0 aromatic carbocycles. The molecule has 9 atom stereocenters. The van der Waals surface area contributed by atoms with E-state index in [2.05, 4.69) is 55.6 Å². The van der Waals surface area contributed by atoms with Gasteiger partial charge in [0.15, 0.2) is 6.29 Å². The Labute approximate surface area is 365 Å². The molecule has 0 aromatic rings. The summed E-state index contributed by atoms with van der Waals surface area (Å²) >= 11 is 0. The normalized spacial score (nSPS) is 21.9. The van der Waals surface area contributed by atoms with Crippen LogP contribution in [0, 0.1) is 0 Å². The van der Waals surface area contributed by atoms with Gasteiger partial charge in [-0.05, 0) is 64.2 Å². The van der Waals surface area contributed by atoms with Crippen molar-refractivity contribution in [1.29, 1.82) is 0 Å². The van der Waals surface area contributed by atoms with Gasteiger partial charge in [-0.25, -0.2) is 0 Å². The van der Waals surface area contributed by atoms with E-state index in [1.807, 2.05) is 0 Å². The van der Waals surface area contributed by atoms with E-state index in [9.17, 15) is 40.5 Å². The first-order valence-corrected chi connectivity index (χ1v) is 24.4. The second-order valence-electron chi connectivity index (χ2n) is 17.2. The number of amides is 1. The number of hydrogen-bond acceptors (Lipinski definition) is 10. The summed E-state index contributed by atoms with van der Waals surface area (Å²) in [4.78, 5) is 13.0. The molecule has 11 nitrogen and oxygen atoms in total. The highest BCUT2D eigenvalue weighted by Crippen LogP contribution is 2.23. The average Bonchev–Trinajstić information content (AvgIpc) is 3.25. The molecule has 0 aromatic heterocycles. The van der Waals surface area contributed by atoms with E-state index in [1.165, 1.54) is 109 Å². The first kappa shape index (κ1) is 56.3. The van der Waals surface area contributed by atoms with Gasteiger partial charge < -0.3 is 50.5 Å². The number of allylic oxidation sites excluding steroid dienone is 6. The Balaban J connectivity index is 2.37. The number of carbonyl (C=O) groups is 1. The summed E-state index contributed by atoms with van der Waals surface area (Å²) in [7, 11) is 0. The van der Waals surface area contributed by atoms with E-state index in [0.29, 0.717) is 19.3 Å². The van der Waals surface area contributed by atoms with Gasteiger partial charge in [0.2, 0.25) is 5.91 Å². The summed E-state index contributed by atoms with van der Waals surface area (Å²) in [5.74, 6) is -0.718. The number of carbonyl (C=O) groups excluding carboxylic acids is 1. The monoisotopic (exact) mass is 854 g/mol. The zero-order valence-electron chi connectivity index (χ0n) is 37.9. The Bertz CT molecular complexity index is 1070. The molecule has 8 N–H and O–H groups in total. The molecule has 9 unspecified atom stereocenters. The number of hydrogen-bond donors (Lipinski definition) is 8. The maximum absolute atomic E-state index is 13.0. The van der Waals surface area contributed by atoms with Crippen molar-refractivity contribution in [2.45, 2.75) is 255 Å². The highest BCUT2D eigenvalue weighted by atomic mass is 16.7. The van der Waals surface area contributed by atoms with Crippen molar-refractivity contribution >= 4 is 5.91 Å². The smallest absolute Gasteiger partial charge is 0.249 e. The van der Waals surface area contributed by atoms with Crippen molar-refractivity contribution in [2.75, 3.05) is 13.2 Å². The lowest BCUT2D eigenvalue weighted by Crippen LogP contribution is -2.60. The summed E-state index contributed by atoms with van der Waals surface area (Å²) in [6.07, 6.45) is 33.8. The van der Waals surface area contributed by atoms with Gasteiger partial charge in [0.25, 0.3) is 0 Å². The van der Waals surface area contributed by atoms with Crippen LogP contribution in [0.3, 0.4) is 0 Å². The number of aliphatic hydroxyl groups is 7. The van der Waals surface area contributed by atoms with Crippen LogP contribution in [-0.4, -0.2) is 110 Å². The van der Waals surface area contributed by atoms with E-state index in [-0.39, 0.29) is 12.8 Å². The van der Waals surface area contributed by atoms with Gasteiger partial charge in [-0.3, -0.25) is 4.79 Å². The quantitative estimate of drug-likeness (QED) is 0.0220. The molecule has 352 valence electrons. The summed E-state index contributed by atoms with van der Waals surface area (Å²) < 4.78 is 11.0. The predicted molar refractivity (Wildman–Crippen MR) is 242 cm³/mol. The number of unbranched alkanes of at least 4 members (excludes halogenated alkanes) is 22. The van der Waals surface area contributed by atoms with Crippen LogP contribution in [0.2, 0.25) is 0 Å². The molecule has 11 heteroatoms. The number of ether oxygens (including phenoxy) is 2. The molecule has 1 amide bonds. The summed E-state index contributed by atoms with van der Waals surface area (Å²) in [5.41, 5.74) is 0. The summed E-state index contributed by atoms with van der Waals surface area (Å²) in [5, 5.41) is 75.4. The van der Waals surface area contributed by atoms with Crippen molar-refractivity contribution in [3.63, 3.8) is 0 Å². The molecule has 0 aliphatic carbocycles. The van der Waals surface area contributed by atoms with E-state index in [4.69, 9.17) is 9.47 Å². The zero-order chi connectivity index (χ0) is 44.1. The van der Waals surface area contributed by atoms with Crippen molar-refractivity contribution in [1.82, 2.24) is 5.32 Å². The maximum Gasteiger partial charge on any atom is 0.249 e. The minimum Gasteiger partial charge on any atom is -0.394 e. The van der Waals surface area contributed by atoms with Gasteiger partial charge in [0.1, 0.15) is 36.6 Å². The Morgan fingerprint density at radius 1 is 0.567 bits per heavy atom. The van der Waals surface area contributed by atoms with Gasteiger partial charge in [-0.1, -0.05) is 172 Å². The van der Waals surface area contributed by atoms with E-state index in [1.54, 1.807) is 0 Å². The van der Waals surface area contributed by atoms with Crippen LogP contribution < -0.4 is 5.32 Å². The van der Waals surface area contributed by atoms with Crippen LogP contribution in [-0.2, 0) is 14.3 Å². The minimum atomic E-state index is -1.67. The Kier molecular flexibility index (Phi) is 36.6. The lowest BCUT2D eigenvalue weighted by molar-refractivity contribution is -0.303. The third kappa shape index (κ3) is 28.1. The van der Waals surface area contributed by atoms with Gasteiger partial charge in [-0.15, -0.1) is 0 Å². The van der Waals surface area contributed by atoms with Gasteiger partial charge in [-0.2, -0.15) is 0 Å². The Hall–Kier alpha value is -1.67. The molecule has 0 radical (unpaired) electrons. The van der Waals surface area contributed by atoms with Crippen molar-refractivity contribution < 1.29 is 50.0 Å². The molecule has 0 saturated carbocycles. The second-order valence-corrected chi connectivity index (χ2v) is 17.2. The van der Waals surface area contributed by atoms with Crippen molar-refractivity contribution in [3.8, 4) is 0 Å². The minimum absolute atomic E-state index is 0.242. The van der Waals surface area contributed by atoms with Crippen LogP contribution in [0.1, 0.15) is 200 Å². The lowest BCUT2D eigenvalue weighted by atomic mass is 9.98. The number of aliphatic hydroxyl groups excluding tert-OH is 7. The molecule has 1 heterocycles. The van der Waals surface area contributed by atoms with E-state index in [0.717, 1.165) is 44.9 Å². The molecular formula is C49H91NO10. The SMILES string of the molecule is CCCCCCCCCCCCCC/C=C/CC/C=C/CC/C=C/CCCC(O)C(O)C(COC1OC(CO)C(O)C(O)C1O)NC(=O)C(O)CCCCCCCCCC. The molecular weight excluding hydrogens is 763 g/mol. The fraction of sp³-hybridized carbons (Fsp3) is 0.857. The third-order valence-electron chi connectivity index (χ3n) is 11.7. The van der Waals surface area contributed by atoms with Crippen molar-refractivity contribution in [3.05, 3.63) is 36.5 Å². The standard InChI is InChI=1S/C49H91NO10/c1-3-5-7-9-11-13-14-15-16-17-18-19-20-21-22-23-24-25-26-27-28-29-31-32-34-36-41(52)44(54)40(39-59-49-47(57)46(56)45(55)43(38-51)60-49)50-48(58)42(53)37-35-33-30-12-10-8-6-4-2/h21-22,25-26,29,31,40-47,49,51-57H,3-20,23-24,27-28,30,32-39H2,1-2H3,(H,50,58)/b22-21+,26-25+,31-29+. The van der Waals surface area contributed by atoms with Gasteiger partial charge >= 0.3 is 0 Å². The first-order valence-electron chi connectivity index (χ1n) is 24.4. The van der Waals surface area contributed by atoms with E-state index < -0.39 is 74.2 Å². The summed E-state index contributed by atoms with van der Waals surface area (Å²) in [6.45, 7) is 3.37. The van der Waals surface area contributed by atoms with Crippen LogP contribution in [0.15, 0.2) is 36.5 Å². The number of rotatable bonds is 40. The molecule has 60 heavy (non-hydrogen) atoms. The predicted octanol–water partition coefficient (Wildman–Crippen LogP) is 8.39. The Morgan fingerprint density at radius 3 is 1.48 bits per heavy atom. The topological polar surface area (TPSA) is 189 Å². The fourth-order valence-electron chi connectivity index (χ4n) is 7.59. The maximum atomic E-state index is 13.0. The largest absolute Gasteiger partial charge is 0.394 e. The molecule has 1 fully saturated rings. The summed E-state index contributed by atoms with van der Waals surface area (Å²) in [6, 6.07) is -1.19. The highest BCUT2D eigenvalue weighted by molar-refractivity contribution is 5.80. The van der Waals surface area contributed by atoms with E-state index >= 15 is 0 Å². The van der Waals surface area contributed by atoms with Crippen LogP contribution >= 0.6 is 0 Å². The fourth-order valence-corrected chi connectivity index (χ4v) is 7.59. The third-order valence-corrected chi connectivity index (χ3v) is 11.7. The van der Waals surface area contributed by atoms with Crippen LogP contribution in [0.5, 0.6) is 0 Å². The Morgan fingerprint density at radius 2 is 1.00 bits per heavy atom. The molecule has 1 rings (SSSR count). The lowest BCUT2D eigenvalue weighted by Gasteiger charge is -2.40. The molecule has 0 bridgehead atoms. The van der Waals surface area contributed by atoms with Gasteiger partial charge in [0.05, 0.1) is 25.4 Å². The van der Waals surface area contributed by atoms with Crippen molar-refractivity contribution in [2.24, 2.45) is 0 Å². The second kappa shape index (κ2) is 39.0. The number of nitrogens with one attached hydrogen (secondary N) is 1. The van der Waals surface area contributed by atoms with Gasteiger partial charge in [0, 0.05) is 0 Å². The van der Waals surface area contributed by atoms with Crippen LogP contribution in [0.25, 0.3) is 0 Å². The molecule has 0 spiro atoms. The van der Waals surface area contributed by atoms with Crippen LogP contribution in [0.4, 0.5) is 0 Å². The highest BCUT2D eigenvalue weighted by Gasteiger charge is 2.44. The zero-order valence-corrected chi connectivity index (χ0v) is 37.9.